The van der Waals surface area contributed by atoms with E-state index in [2.05, 4.69) is 47.9 Å². The van der Waals surface area contributed by atoms with Crippen LogP contribution in [0, 0.1) is 12.8 Å². The highest BCUT2D eigenvalue weighted by atomic mass is 16.5. The molecule has 6 nitrogen and oxygen atoms in total. The lowest BCUT2D eigenvalue weighted by Gasteiger charge is -2.33. The second-order valence-electron chi connectivity index (χ2n) is 9.63. The highest BCUT2D eigenvalue weighted by Gasteiger charge is 2.27. The van der Waals surface area contributed by atoms with Crippen molar-refractivity contribution in [1.82, 2.24) is 14.9 Å². The fourth-order valence-corrected chi connectivity index (χ4v) is 4.87. The summed E-state index contributed by atoms with van der Waals surface area (Å²) in [6.07, 6.45) is 3.24. The molecule has 5 rings (SSSR count). The number of aryl methyl sites for hydroxylation is 1. The molecule has 0 aliphatic carbocycles. The third-order valence-corrected chi connectivity index (χ3v) is 6.92. The maximum Gasteiger partial charge on any atom is 0.229 e. The number of rotatable bonds is 6. The predicted molar refractivity (Wildman–Crippen MR) is 135 cm³/mol. The summed E-state index contributed by atoms with van der Waals surface area (Å²) in [6, 6.07) is 16.5. The van der Waals surface area contributed by atoms with E-state index in [0.29, 0.717) is 17.4 Å². The molecule has 2 aliphatic heterocycles. The van der Waals surface area contributed by atoms with E-state index in [1.54, 1.807) is 7.11 Å². The topological polar surface area (TPSA) is 50.7 Å². The monoisotopic (exact) mass is 458 g/mol. The van der Waals surface area contributed by atoms with Gasteiger partial charge in [-0.1, -0.05) is 48.9 Å². The fourth-order valence-electron chi connectivity index (χ4n) is 4.87. The lowest BCUT2D eigenvalue weighted by Crippen LogP contribution is -2.36. The molecule has 1 aromatic heterocycles. The van der Waals surface area contributed by atoms with Crippen molar-refractivity contribution in [2.45, 2.75) is 46.2 Å². The van der Waals surface area contributed by atoms with Crippen LogP contribution in [0.15, 0.2) is 48.5 Å². The Morgan fingerprint density at radius 2 is 1.76 bits per heavy atom. The number of methoxy groups -OCH3 is 1. The first kappa shape index (κ1) is 22.7. The first-order valence-electron chi connectivity index (χ1n) is 12.3. The maximum absolute atomic E-state index is 6.44. The summed E-state index contributed by atoms with van der Waals surface area (Å²) in [4.78, 5) is 14.8. The SMILES string of the molecule is COc1ccccc1Oc1nc(N2CCC(C)CC2)nc2c1CN(Cc1cccc(C)c1)CC2. The smallest absolute Gasteiger partial charge is 0.229 e. The van der Waals surface area contributed by atoms with Crippen LogP contribution in [0.4, 0.5) is 5.95 Å². The quantitative estimate of drug-likeness (QED) is 0.494. The van der Waals surface area contributed by atoms with Gasteiger partial charge in [-0.05, 0) is 43.4 Å². The molecule has 0 saturated carbocycles. The van der Waals surface area contributed by atoms with Crippen LogP contribution in [0.2, 0.25) is 0 Å². The van der Waals surface area contributed by atoms with Gasteiger partial charge in [-0.3, -0.25) is 4.90 Å². The molecule has 0 unspecified atom stereocenters. The second-order valence-corrected chi connectivity index (χ2v) is 9.63. The van der Waals surface area contributed by atoms with E-state index >= 15 is 0 Å². The minimum Gasteiger partial charge on any atom is -0.493 e. The van der Waals surface area contributed by atoms with Crippen molar-refractivity contribution in [3.63, 3.8) is 0 Å². The third-order valence-electron chi connectivity index (χ3n) is 6.92. The molecule has 0 amide bonds. The summed E-state index contributed by atoms with van der Waals surface area (Å²) in [5, 5.41) is 0. The van der Waals surface area contributed by atoms with Crippen LogP contribution >= 0.6 is 0 Å². The normalized spacial score (nSPS) is 16.9. The Labute approximate surface area is 202 Å². The van der Waals surface area contributed by atoms with E-state index in [1.807, 2.05) is 24.3 Å². The number of benzene rings is 2. The van der Waals surface area contributed by atoms with Gasteiger partial charge in [-0.25, -0.2) is 4.98 Å². The summed E-state index contributed by atoms with van der Waals surface area (Å²) in [7, 11) is 1.67. The van der Waals surface area contributed by atoms with E-state index in [4.69, 9.17) is 19.4 Å². The zero-order valence-corrected chi connectivity index (χ0v) is 20.5. The van der Waals surface area contributed by atoms with Gasteiger partial charge in [0.15, 0.2) is 11.5 Å². The number of ether oxygens (including phenoxy) is 2. The summed E-state index contributed by atoms with van der Waals surface area (Å²) in [5.74, 6) is 3.59. The standard InChI is InChI=1S/C28H34N4O2/c1-20-11-15-32(16-12-20)28-29-24-13-14-31(18-22-8-6-7-21(2)17-22)19-23(24)27(30-28)34-26-10-5-4-9-25(26)33-3/h4-10,17,20H,11-16,18-19H2,1-3H3. The van der Waals surface area contributed by atoms with E-state index in [1.165, 1.54) is 24.0 Å². The highest BCUT2D eigenvalue weighted by Crippen LogP contribution is 2.36. The summed E-state index contributed by atoms with van der Waals surface area (Å²) in [6.45, 7) is 9.10. The number of hydrogen-bond acceptors (Lipinski definition) is 6. The van der Waals surface area contributed by atoms with Gasteiger partial charge in [0.2, 0.25) is 11.8 Å². The van der Waals surface area contributed by atoms with Gasteiger partial charge in [0, 0.05) is 39.1 Å². The summed E-state index contributed by atoms with van der Waals surface area (Å²) in [5.41, 5.74) is 4.81. The molecule has 0 spiro atoms. The van der Waals surface area contributed by atoms with Gasteiger partial charge in [-0.2, -0.15) is 4.98 Å². The molecule has 3 heterocycles. The minimum absolute atomic E-state index is 0.650. The largest absolute Gasteiger partial charge is 0.493 e. The van der Waals surface area contributed by atoms with Crippen molar-refractivity contribution in [2.24, 2.45) is 5.92 Å². The Morgan fingerprint density at radius 3 is 2.53 bits per heavy atom. The average molecular weight is 459 g/mol. The van der Waals surface area contributed by atoms with Gasteiger partial charge in [-0.15, -0.1) is 0 Å². The van der Waals surface area contributed by atoms with Crippen LogP contribution in [0.5, 0.6) is 17.4 Å². The van der Waals surface area contributed by atoms with Crippen LogP contribution in [0.3, 0.4) is 0 Å². The lowest BCUT2D eigenvalue weighted by atomic mass is 9.99. The third kappa shape index (κ3) is 5.02. The summed E-state index contributed by atoms with van der Waals surface area (Å²) >= 11 is 0. The molecule has 3 aromatic rings. The van der Waals surface area contributed by atoms with Crippen molar-refractivity contribution in [3.8, 4) is 17.4 Å². The van der Waals surface area contributed by atoms with Gasteiger partial charge in [0.25, 0.3) is 0 Å². The van der Waals surface area contributed by atoms with Gasteiger partial charge < -0.3 is 14.4 Å². The molecule has 0 bridgehead atoms. The molecule has 0 radical (unpaired) electrons. The number of anilines is 1. The number of piperidine rings is 1. The Balaban J connectivity index is 1.46. The van der Waals surface area contributed by atoms with Crippen LogP contribution in [0.1, 0.15) is 42.1 Å². The van der Waals surface area contributed by atoms with Crippen LogP contribution in [-0.4, -0.2) is 41.6 Å². The molecule has 1 saturated heterocycles. The van der Waals surface area contributed by atoms with Crippen molar-refractivity contribution in [2.75, 3.05) is 31.6 Å². The molecular formula is C28H34N4O2. The Hall–Kier alpha value is -3.12. The van der Waals surface area contributed by atoms with Crippen molar-refractivity contribution in [1.29, 1.82) is 0 Å². The molecule has 0 N–H and O–H groups in total. The molecule has 0 atom stereocenters. The first-order chi connectivity index (χ1) is 16.6. The molecule has 1 fully saturated rings. The molecular weight excluding hydrogens is 424 g/mol. The average Bonchev–Trinajstić information content (AvgIpc) is 2.85. The molecule has 178 valence electrons. The van der Waals surface area contributed by atoms with Gasteiger partial charge in [0.1, 0.15) is 0 Å². The maximum atomic E-state index is 6.44. The molecule has 34 heavy (non-hydrogen) atoms. The highest BCUT2D eigenvalue weighted by molar-refractivity contribution is 5.47. The predicted octanol–water partition coefficient (Wildman–Crippen LogP) is 5.38. The van der Waals surface area contributed by atoms with Crippen LogP contribution < -0.4 is 14.4 Å². The van der Waals surface area contributed by atoms with E-state index < -0.39 is 0 Å². The van der Waals surface area contributed by atoms with Gasteiger partial charge in [0.05, 0.1) is 18.4 Å². The summed E-state index contributed by atoms with van der Waals surface area (Å²) < 4.78 is 12.0. The number of hydrogen-bond donors (Lipinski definition) is 0. The van der Waals surface area contributed by atoms with E-state index in [0.717, 1.165) is 62.3 Å². The number of fused-ring (bicyclic) bond motifs is 1. The zero-order chi connectivity index (χ0) is 23.5. The minimum atomic E-state index is 0.650. The Morgan fingerprint density at radius 1 is 0.971 bits per heavy atom. The zero-order valence-electron chi connectivity index (χ0n) is 20.5. The van der Waals surface area contributed by atoms with E-state index in [9.17, 15) is 0 Å². The molecule has 2 aliphatic rings. The number of aromatic nitrogens is 2. The van der Waals surface area contributed by atoms with E-state index in [-0.39, 0.29) is 0 Å². The fraction of sp³-hybridized carbons (Fsp3) is 0.429. The van der Waals surface area contributed by atoms with Crippen molar-refractivity contribution >= 4 is 5.95 Å². The second kappa shape index (κ2) is 10.0. The van der Waals surface area contributed by atoms with Crippen LogP contribution in [-0.2, 0) is 19.5 Å². The Bertz CT molecular complexity index is 1140. The number of nitrogens with zero attached hydrogens (tertiary/aromatic N) is 4. The van der Waals surface area contributed by atoms with Crippen molar-refractivity contribution < 1.29 is 9.47 Å². The van der Waals surface area contributed by atoms with Gasteiger partial charge >= 0.3 is 0 Å². The number of para-hydroxylation sites is 2. The molecule has 2 aromatic carbocycles. The van der Waals surface area contributed by atoms with Crippen molar-refractivity contribution in [3.05, 3.63) is 70.9 Å². The molecule has 6 heteroatoms. The van der Waals surface area contributed by atoms with Crippen LogP contribution in [0.25, 0.3) is 0 Å². The Kier molecular flexibility index (Phi) is 6.68. The first-order valence-corrected chi connectivity index (χ1v) is 12.3. The lowest BCUT2D eigenvalue weighted by molar-refractivity contribution is 0.237.